The topological polar surface area (TPSA) is 80.9 Å². The van der Waals surface area contributed by atoms with Gasteiger partial charge in [-0.05, 0) is 42.8 Å². The molecule has 0 atom stereocenters. The second-order valence-electron chi connectivity index (χ2n) is 5.16. The third-order valence-electron chi connectivity index (χ3n) is 3.33. The van der Waals surface area contributed by atoms with Crippen molar-refractivity contribution in [3.63, 3.8) is 0 Å². The summed E-state index contributed by atoms with van der Waals surface area (Å²) in [5.41, 5.74) is 1.57. The van der Waals surface area contributed by atoms with Crippen LogP contribution in [-0.2, 0) is 11.2 Å². The second-order valence-corrected chi connectivity index (χ2v) is 5.59. The Morgan fingerprint density at radius 1 is 1.12 bits per heavy atom. The van der Waals surface area contributed by atoms with Crippen molar-refractivity contribution in [3.8, 4) is 11.4 Å². The molecule has 7 heteroatoms. The van der Waals surface area contributed by atoms with Gasteiger partial charge in [0.2, 0.25) is 17.6 Å². The SMILES string of the molecule is O=C(CCCc1nc(-c2ccncc2)no1)Nc1ccc(Cl)cc1. The van der Waals surface area contributed by atoms with Crippen LogP contribution in [0.5, 0.6) is 0 Å². The number of aryl methyl sites for hydroxylation is 1. The lowest BCUT2D eigenvalue weighted by molar-refractivity contribution is -0.116. The van der Waals surface area contributed by atoms with Crippen LogP contribution in [0.15, 0.2) is 53.3 Å². The molecule has 0 spiro atoms. The van der Waals surface area contributed by atoms with Crippen molar-refractivity contribution in [2.75, 3.05) is 5.32 Å². The van der Waals surface area contributed by atoms with Crippen LogP contribution in [0.1, 0.15) is 18.7 Å². The summed E-state index contributed by atoms with van der Waals surface area (Å²) in [6, 6.07) is 10.6. The van der Waals surface area contributed by atoms with E-state index in [-0.39, 0.29) is 5.91 Å². The van der Waals surface area contributed by atoms with E-state index in [9.17, 15) is 4.79 Å². The zero-order chi connectivity index (χ0) is 16.8. The molecule has 3 rings (SSSR count). The number of pyridine rings is 1. The summed E-state index contributed by atoms with van der Waals surface area (Å²) < 4.78 is 5.20. The van der Waals surface area contributed by atoms with Gasteiger partial charge >= 0.3 is 0 Å². The number of carbonyl (C=O) groups is 1. The smallest absolute Gasteiger partial charge is 0.226 e. The van der Waals surface area contributed by atoms with Crippen LogP contribution >= 0.6 is 11.6 Å². The first-order chi connectivity index (χ1) is 11.7. The Kier molecular flexibility index (Phi) is 5.18. The molecule has 122 valence electrons. The highest BCUT2D eigenvalue weighted by Gasteiger charge is 2.09. The van der Waals surface area contributed by atoms with Crippen molar-refractivity contribution in [1.82, 2.24) is 15.1 Å². The predicted molar refractivity (Wildman–Crippen MR) is 90.5 cm³/mol. The van der Waals surface area contributed by atoms with Crippen LogP contribution in [0.25, 0.3) is 11.4 Å². The van der Waals surface area contributed by atoms with E-state index in [0.29, 0.717) is 36.0 Å². The molecule has 3 aromatic rings. The Morgan fingerprint density at radius 2 is 1.88 bits per heavy atom. The second kappa shape index (κ2) is 7.70. The lowest BCUT2D eigenvalue weighted by Gasteiger charge is -2.04. The van der Waals surface area contributed by atoms with Crippen molar-refractivity contribution < 1.29 is 9.32 Å². The van der Waals surface area contributed by atoms with Crippen molar-refractivity contribution in [1.29, 1.82) is 0 Å². The van der Waals surface area contributed by atoms with Gasteiger partial charge in [-0.25, -0.2) is 0 Å². The lowest BCUT2D eigenvalue weighted by atomic mass is 10.2. The van der Waals surface area contributed by atoms with Gasteiger partial charge in [0, 0.05) is 41.5 Å². The van der Waals surface area contributed by atoms with Crippen molar-refractivity contribution >= 4 is 23.2 Å². The fourth-order valence-corrected chi connectivity index (χ4v) is 2.26. The standard InChI is InChI=1S/C17H15ClN4O2/c18-13-4-6-14(7-5-13)20-15(23)2-1-3-16-21-17(22-24-16)12-8-10-19-11-9-12/h4-11H,1-3H2,(H,20,23). The van der Waals surface area contributed by atoms with Gasteiger partial charge in [0.05, 0.1) is 0 Å². The molecule has 0 saturated heterocycles. The number of hydrogen-bond donors (Lipinski definition) is 1. The molecule has 2 heterocycles. The zero-order valence-corrected chi connectivity index (χ0v) is 13.5. The number of carbonyl (C=O) groups excluding carboxylic acids is 1. The molecule has 0 bridgehead atoms. The molecule has 0 aliphatic rings. The highest BCUT2D eigenvalue weighted by atomic mass is 35.5. The molecule has 1 amide bonds. The predicted octanol–water partition coefficient (Wildman–Crippen LogP) is 3.75. The van der Waals surface area contributed by atoms with E-state index in [1.54, 1.807) is 36.7 Å². The molecule has 0 fully saturated rings. The summed E-state index contributed by atoms with van der Waals surface area (Å²) in [5, 5.41) is 7.38. The first-order valence-electron chi connectivity index (χ1n) is 7.49. The van der Waals surface area contributed by atoms with Crippen LogP contribution < -0.4 is 5.32 Å². The molecule has 0 radical (unpaired) electrons. The molecule has 2 aromatic heterocycles. The van der Waals surface area contributed by atoms with Gasteiger partial charge in [-0.3, -0.25) is 9.78 Å². The minimum Gasteiger partial charge on any atom is -0.339 e. The third-order valence-corrected chi connectivity index (χ3v) is 3.58. The molecule has 0 aliphatic carbocycles. The summed E-state index contributed by atoms with van der Waals surface area (Å²) in [6.45, 7) is 0. The lowest BCUT2D eigenvalue weighted by Crippen LogP contribution is -2.11. The van der Waals surface area contributed by atoms with Crippen LogP contribution in [0.3, 0.4) is 0 Å². The molecular formula is C17H15ClN4O2. The number of nitrogens with zero attached hydrogens (tertiary/aromatic N) is 3. The van der Waals surface area contributed by atoms with Crippen LogP contribution in [0, 0.1) is 0 Å². The van der Waals surface area contributed by atoms with E-state index in [0.717, 1.165) is 11.3 Å². The largest absolute Gasteiger partial charge is 0.339 e. The third kappa shape index (κ3) is 4.39. The van der Waals surface area contributed by atoms with E-state index < -0.39 is 0 Å². The Labute approximate surface area is 143 Å². The average Bonchev–Trinajstić information content (AvgIpc) is 3.07. The normalized spacial score (nSPS) is 10.5. The van der Waals surface area contributed by atoms with Crippen LogP contribution in [0.4, 0.5) is 5.69 Å². The molecule has 24 heavy (non-hydrogen) atoms. The van der Waals surface area contributed by atoms with Crippen molar-refractivity contribution in [2.24, 2.45) is 0 Å². The Bertz CT molecular complexity index is 803. The molecule has 1 N–H and O–H groups in total. The molecule has 6 nitrogen and oxygen atoms in total. The molecule has 0 unspecified atom stereocenters. The number of aromatic nitrogens is 3. The van der Waals surface area contributed by atoms with E-state index in [2.05, 4.69) is 20.4 Å². The zero-order valence-electron chi connectivity index (χ0n) is 12.8. The number of benzene rings is 1. The number of amides is 1. The van der Waals surface area contributed by atoms with Crippen molar-refractivity contribution in [2.45, 2.75) is 19.3 Å². The summed E-state index contributed by atoms with van der Waals surface area (Å²) in [5.74, 6) is 0.977. The minimum absolute atomic E-state index is 0.0637. The van der Waals surface area contributed by atoms with E-state index in [1.165, 1.54) is 0 Å². The number of halogens is 1. The number of nitrogens with one attached hydrogen (secondary N) is 1. The summed E-state index contributed by atoms with van der Waals surface area (Å²) in [6.07, 6.45) is 4.89. The highest BCUT2D eigenvalue weighted by Crippen LogP contribution is 2.16. The van der Waals surface area contributed by atoms with Gasteiger partial charge in [0.1, 0.15) is 0 Å². The van der Waals surface area contributed by atoms with E-state index in [4.69, 9.17) is 16.1 Å². The molecular weight excluding hydrogens is 328 g/mol. The Hall–Kier alpha value is -2.73. The van der Waals surface area contributed by atoms with Gasteiger partial charge in [0.15, 0.2) is 0 Å². The monoisotopic (exact) mass is 342 g/mol. The van der Waals surface area contributed by atoms with Crippen LogP contribution in [-0.4, -0.2) is 21.0 Å². The Balaban J connectivity index is 1.47. The maximum absolute atomic E-state index is 11.9. The summed E-state index contributed by atoms with van der Waals surface area (Å²) >= 11 is 5.81. The van der Waals surface area contributed by atoms with Gasteiger partial charge in [-0.1, -0.05) is 16.8 Å². The van der Waals surface area contributed by atoms with Gasteiger partial charge in [-0.15, -0.1) is 0 Å². The maximum Gasteiger partial charge on any atom is 0.226 e. The quantitative estimate of drug-likeness (QED) is 0.737. The number of anilines is 1. The maximum atomic E-state index is 11.9. The van der Waals surface area contributed by atoms with Gasteiger partial charge < -0.3 is 9.84 Å². The van der Waals surface area contributed by atoms with E-state index in [1.807, 2.05) is 12.1 Å². The molecule has 1 aromatic carbocycles. The number of hydrogen-bond acceptors (Lipinski definition) is 5. The summed E-state index contributed by atoms with van der Waals surface area (Å²) in [4.78, 5) is 20.2. The summed E-state index contributed by atoms with van der Waals surface area (Å²) in [7, 11) is 0. The van der Waals surface area contributed by atoms with Gasteiger partial charge in [-0.2, -0.15) is 4.98 Å². The minimum atomic E-state index is -0.0637. The fourth-order valence-electron chi connectivity index (χ4n) is 2.13. The number of rotatable bonds is 6. The van der Waals surface area contributed by atoms with Gasteiger partial charge in [0.25, 0.3) is 0 Å². The molecule has 0 saturated carbocycles. The first kappa shape index (κ1) is 16.1. The van der Waals surface area contributed by atoms with Crippen molar-refractivity contribution in [3.05, 3.63) is 59.7 Å². The van der Waals surface area contributed by atoms with E-state index >= 15 is 0 Å². The highest BCUT2D eigenvalue weighted by molar-refractivity contribution is 6.30. The fraction of sp³-hybridized carbons (Fsp3) is 0.176. The first-order valence-corrected chi connectivity index (χ1v) is 7.87. The Morgan fingerprint density at radius 3 is 2.62 bits per heavy atom. The molecule has 0 aliphatic heterocycles. The average molecular weight is 343 g/mol. The van der Waals surface area contributed by atoms with Crippen LogP contribution in [0.2, 0.25) is 5.02 Å².